The predicted molar refractivity (Wildman–Crippen MR) is 268 cm³/mol. The normalized spacial score (nSPS) is 12.0. The van der Waals surface area contributed by atoms with E-state index in [9.17, 15) is 0 Å². The third-order valence-electron chi connectivity index (χ3n) is 13.2. The van der Waals surface area contributed by atoms with Crippen LogP contribution in [0, 0.1) is 0 Å². The Labute approximate surface area is 372 Å². The predicted octanol–water partition coefficient (Wildman–Crippen LogP) is 17.3. The van der Waals surface area contributed by atoms with Gasteiger partial charge < -0.3 is 22.7 Å². The molecule has 5 nitrogen and oxygen atoms in total. The van der Waals surface area contributed by atoms with E-state index in [2.05, 4.69) is 204 Å². The molecule has 0 saturated heterocycles. The van der Waals surface area contributed by atoms with E-state index in [1.807, 2.05) is 24.3 Å². The van der Waals surface area contributed by atoms with Crippen molar-refractivity contribution in [2.45, 2.75) is 0 Å². The Morgan fingerprint density at radius 3 is 1.26 bits per heavy atom. The van der Waals surface area contributed by atoms with Crippen LogP contribution in [0.4, 0.5) is 17.1 Å². The van der Waals surface area contributed by atoms with Crippen LogP contribution in [0.3, 0.4) is 0 Å². The van der Waals surface area contributed by atoms with E-state index in [4.69, 9.17) is 13.3 Å². The van der Waals surface area contributed by atoms with E-state index >= 15 is 0 Å². The molecule has 10 aromatic carbocycles. The third kappa shape index (κ3) is 5.39. The first-order valence-corrected chi connectivity index (χ1v) is 22.0. The number of para-hydroxylation sites is 7. The maximum atomic E-state index is 6.99. The van der Waals surface area contributed by atoms with E-state index < -0.39 is 0 Å². The highest BCUT2D eigenvalue weighted by Gasteiger charge is 2.21. The zero-order valence-corrected chi connectivity index (χ0v) is 34.9. The summed E-state index contributed by atoms with van der Waals surface area (Å²) in [7, 11) is 0. The number of benzene rings is 10. The van der Waals surface area contributed by atoms with Crippen molar-refractivity contribution in [2.75, 3.05) is 4.90 Å². The van der Waals surface area contributed by atoms with Gasteiger partial charge in [-0.1, -0.05) is 146 Å². The molecule has 14 aromatic rings. The van der Waals surface area contributed by atoms with Crippen molar-refractivity contribution < 1.29 is 13.3 Å². The molecule has 65 heavy (non-hydrogen) atoms. The van der Waals surface area contributed by atoms with E-state index in [1.165, 1.54) is 10.8 Å². The molecular formula is C60H36N2O3. The molecule has 0 N–H and O–H groups in total. The molecule has 0 atom stereocenters. The summed E-state index contributed by atoms with van der Waals surface area (Å²) in [5, 5.41) is 9.04. The molecule has 0 bridgehead atoms. The molecule has 304 valence electrons. The summed E-state index contributed by atoms with van der Waals surface area (Å²) in [5.41, 5.74) is 15.8. The lowest BCUT2D eigenvalue weighted by atomic mass is 10.0. The van der Waals surface area contributed by atoms with Crippen LogP contribution in [0.25, 0.3) is 116 Å². The molecule has 0 saturated carbocycles. The molecule has 0 aliphatic rings. The Balaban J connectivity index is 0.918. The van der Waals surface area contributed by atoms with Crippen LogP contribution in [0.2, 0.25) is 0 Å². The fourth-order valence-corrected chi connectivity index (χ4v) is 10.2. The van der Waals surface area contributed by atoms with Crippen LogP contribution in [0.5, 0.6) is 0 Å². The maximum Gasteiger partial charge on any atom is 0.159 e. The SMILES string of the molecule is c1ccc2c(c1)oc1c(-c3ccc(N(c4ccc(-c5cccc6c5oc5ccccc56)cc4)c4ccc5c(c4)oc4c(-n6c7ccccc7c7ccccc76)cccc45)cc3)cccc12. The molecule has 4 heterocycles. The van der Waals surface area contributed by atoms with Gasteiger partial charge in [-0.15, -0.1) is 0 Å². The highest BCUT2D eigenvalue weighted by molar-refractivity contribution is 6.14. The van der Waals surface area contributed by atoms with Gasteiger partial charge >= 0.3 is 0 Å². The lowest BCUT2D eigenvalue weighted by Gasteiger charge is -2.26. The summed E-state index contributed by atoms with van der Waals surface area (Å²) < 4.78 is 22.2. The van der Waals surface area contributed by atoms with Crippen molar-refractivity contribution in [2.24, 2.45) is 0 Å². The largest absolute Gasteiger partial charge is 0.455 e. The molecule has 0 radical (unpaired) electrons. The average molecular weight is 833 g/mol. The van der Waals surface area contributed by atoms with Gasteiger partial charge in [0.05, 0.1) is 16.7 Å². The highest BCUT2D eigenvalue weighted by Crippen LogP contribution is 2.44. The van der Waals surface area contributed by atoms with Crippen LogP contribution in [-0.4, -0.2) is 4.57 Å². The van der Waals surface area contributed by atoms with Crippen molar-refractivity contribution in [3.05, 3.63) is 218 Å². The van der Waals surface area contributed by atoms with Gasteiger partial charge in [0.1, 0.15) is 27.9 Å². The standard InChI is InChI=1S/C60H36N2O3/c1-5-21-52-44(12-1)45-13-2-6-22-53(45)62(52)54-23-11-20-51-48-35-34-41(36-57(48)65-60(51)54)61(39-30-26-37(27-31-39)42-16-9-18-49-46-14-3-7-24-55(46)63-58(42)49)40-32-28-38(29-33-40)43-17-10-19-50-47-15-4-8-25-56(47)64-59(43)50/h1-36H. The zero-order valence-electron chi connectivity index (χ0n) is 34.9. The first-order valence-electron chi connectivity index (χ1n) is 22.0. The molecule has 0 aliphatic carbocycles. The van der Waals surface area contributed by atoms with Gasteiger partial charge in [-0.3, -0.25) is 0 Å². The van der Waals surface area contributed by atoms with Gasteiger partial charge in [0.15, 0.2) is 5.58 Å². The fraction of sp³-hybridized carbons (Fsp3) is 0. The number of aromatic nitrogens is 1. The molecule has 0 unspecified atom stereocenters. The van der Waals surface area contributed by atoms with Gasteiger partial charge in [0.2, 0.25) is 0 Å². The smallest absolute Gasteiger partial charge is 0.159 e. The molecule has 5 heteroatoms. The Hall–Kier alpha value is -8.80. The number of furan rings is 3. The van der Waals surface area contributed by atoms with Gasteiger partial charge in [-0.25, -0.2) is 0 Å². The Bertz CT molecular complexity index is 3970. The second kappa shape index (κ2) is 13.9. The summed E-state index contributed by atoms with van der Waals surface area (Å²) in [5.74, 6) is 0. The highest BCUT2D eigenvalue weighted by atomic mass is 16.3. The topological polar surface area (TPSA) is 47.6 Å². The molecule has 4 aromatic heterocycles. The molecule has 0 fully saturated rings. The monoisotopic (exact) mass is 832 g/mol. The lowest BCUT2D eigenvalue weighted by Crippen LogP contribution is -2.09. The molecule has 14 rings (SSSR count). The summed E-state index contributed by atoms with van der Waals surface area (Å²) >= 11 is 0. The maximum absolute atomic E-state index is 6.99. The fourth-order valence-electron chi connectivity index (χ4n) is 10.2. The second-order valence-electron chi connectivity index (χ2n) is 16.8. The van der Waals surface area contributed by atoms with Crippen LogP contribution >= 0.6 is 0 Å². The average Bonchev–Trinajstić information content (AvgIpc) is 4.14. The minimum Gasteiger partial charge on any atom is -0.455 e. The molecule has 0 amide bonds. The summed E-state index contributed by atoms with van der Waals surface area (Å²) in [6.45, 7) is 0. The van der Waals surface area contributed by atoms with Gasteiger partial charge in [-0.05, 0) is 77.9 Å². The first kappa shape index (κ1) is 35.8. The summed E-state index contributed by atoms with van der Waals surface area (Å²) in [4.78, 5) is 2.30. The summed E-state index contributed by atoms with van der Waals surface area (Å²) in [6, 6.07) is 77.1. The van der Waals surface area contributed by atoms with E-state index in [-0.39, 0.29) is 0 Å². The van der Waals surface area contributed by atoms with E-state index in [0.29, 0.717) is 0 Å². The first-order chi connectivity index (χ1) is 32.2. The van der Waals surface area contributed by atoms with Crippen molar-refractivity contribution >= 4 is 105 Å². The van der Waals surface area contributed by atoms with Gasteiger partial charge in [0.25, 0.3) is 0 Å². The minimum absolute atomic E-state index is 0.817. The minimum atomic E-state index is 0.817. The van der Waals surface area contributed by atoms with Gasteiger partial charge in [0, 0.05) is 77.3 Å². The number of hydrogen-bond acceptors (Lipinski definition) is 4. The lowest BCUT2D eigenvalue weighted by molar-refractivity contribution is 0.666. The number of anilines is 3. The van der Waals surface area contributed by atoms with Crippen molar-refractivity contribution in [3.8, 4) is 27.9 Å². The number of fused-ring (bicyclic) bond motifs is 12. The van der Waals surface area contributed by atoms with E-state index in [1.54, 1.807) is 0 Å². The Morgan fingerprint density at radius 2 is 0.708 bits per heavy atom. The third-order valence-corrected chi connectivity index (χ3v) is 13.2. The van der Waals surface area contributed by atoms with Crippen LogP contribution in [-0.2, 0) is 0 Å². The van der Waals surface area contributed by atoms with Crippen LogP contribution < -0.4 is 4.90 Å². The zero-order chi connectivity index (χ0) is 42.6. The van der Waals surface area contributed by atoms with Crippen LogP contribution in [0.1, 0.15) is 0 Å². The van der Waals surface area contributed by atoms with Gasteiger partial charge in [-0.2, -0.15) is 0 Å². The summed E-state index contributed by atoms with van der Waals surface area (Å²) in [6.07, 6.45) is 0. The number of rotatable bonds is 6. The second-order valence-corrected chi connectivity index (χ2v) is 16.8. The Kier molecular flexibility index (Phi) is 7.62. The molecule has 0 aliphatic heterocycles. The number of nitrogens with zero attached hydrogens (tertiary/aromatic N) is 2. The number of hydrogen-bond donors (Lipinski definition) is 0. The van der Waals surface area contributed by atoms with Crippen molar-refractivity contribution in [1.29, 1.82) is 0 Å². The van der Waals surface area contributed by atoms with Crippen LogP contribution in [0.15, 0.2) is 232 Å². The Morgan fingerprint density at radius 1 is 0.292 bits per heavy atom. The van der Waals surface area contributed by atoms with E-state index in [0.717, 1.165) is 122 Å². The van der Waals surface area contributed by atoms with Crippen molar-refractivity contribution in [1.82, 2.24) is 4.57 Å². The quantitative estimate of drug-likeness (QED) is 0.167. The molecule has 0 spiro atoms. The molecular weight excluding hydrogens is 797 g/mol. The van der Waals surface area contributed by atoms with Crippen molar-refractivity contribution in [3.63, 3.8) is 0 Å².